The molecule has 0 radical (unpaired) electrons. The van der Waals surface area contributed by atoms with Gasteiger partial charge in [0.15, 0.2) is 5.76 Å². The highest BCUT2D eigenvalue weighted by molar-refractivity contribution is 7.90. The van der Waals surface area contributed by atoms with E-state index >= 15 is 0 Å². The van der Waals surface area contributed by atoms with Crippen molar-refractivity contribution in [1.29, 1.82) is 0 Å². The Balaban J connectivity index is 0.000000251. The molecule has 0 aliphatic rings. The van der Waals surface area contributed by atoms with E-state index in [1.807, 2.05) is 4.72 Å². The van der Waals surface area contributed by atoms with Gasteiger partial charge in [0.1, 0.15) is 0 Å². The van der Waals surface area contributed by atoms with Crippen LogP contribution in [-0.4, -0.2) is 45.6 Å². The number of hydrogen-bond acceptors (Lipinski definition) is 10. The monoisotopic (exact) mass is 634 g/mol. The van der Waals surface area contributed by atoms with Crippen LogP contribution in [0.2, 0.25) is 0 Å². The van der Waals surface area contributed by atoms with Crippen LogP contribution in [0.1, 0.15) is 35.0 Å². The first kappa shape index (κ1) is 33.9. The Morgan fingerprint density at radius 3 is 1.42 bits per heavy atom. The highest BCUT2D eigenvalue weighted by Gasteiger charge is 2.20. The molecule has 2 aromatic heterocycles. The van der Waals surface area contributed by atoms with Crippen LogP contribution in [0.5, 0.6) is 0 Å². The summed E-state index contributed by atoms with van der Waals surface area (Å²) >= 11 is 0. The number of carbonyl (C=O) groups is 4. The summed E-state index contributed by atoms with van der Waals surface area (Å²) in [6.45, 7) is 2.71. The molecule has 2 aromatic carbocycles. The number of hydrogen-bond donors (Lipinski definition) is 5. The molecule has 0 spiro atoms. The molecule has 17 heteroatoms. The number of carboxylic acids is 1. The van der Waals surface area contributed by atoms with Crippen LogP contribution < -0.4 is 20.5 Å². The van der Waals surface area contributed by atoms with E-state index in [2.05, 4.69) is 15.1 Å². The first-order chi connectivity index (χ1) is 20.1. The average molecular weight is 635 g/mol. The first-order valence-corrected chi connectivity index (χ1v) is 14.8. The zero-order chi connectivity index (χ0) is 32.2. The number of rotatable bonds is 7. The van der Waals surface area contributed by atoms with Gasteiger partial charge in [0.25, 0.3) is 10.0 Å². The van der Waals surface area contributed by atoms with Crippen molar-refractivity contribution in [3.63, 3.8) is 0 Å². The molecule has 4 aromatic rings. The van der Waals surface area contributed by atoms with E-state index in [9.17, 15) is 36.0 Å². The Morgan fingerprint density at radius 2 is 1.09 bits per heavy atom. The van der Waals surface area contributed by atoms with Crippen LogP contribution in [0, 0.1) is 0 Å². The van der Waals surface area contributed by atoms with Crippen LogP contribution in [0.15, 0.2) is 104 Å². The lowest BCUT2D eigenvalue weighted by atomic mass is 10.3. The molecule has 4 rings (SSSR count). The summed E-state index contributed by atoms with van der Waals surface area (Å²) in [5, 5.41) is 18.1. The van der Waals surface area contributed by atoms with E-state index in [4.69, 9.17) is 14.7 Å². The fourth-order valence-electron chi connectivity index (χ4n) is 2.89. The topological polar surface area (TPSA) is 245 Å². The van der Waals surface area contributed by atoms with Gasteiger partial charge in [-0.2, -0.15) is 0 Å². The number of nitrogens with one attached hydrogen (secondary N) is 3. The fourth-order valence-corrected chi connectivity index (χ4v) is 4.36. The van der Waals surface area contributed by atoms with Gasteiger partial charge in [0.2, 0.25) is 27.6 Å². The van der Waals surface area contributed by atoms with E-state index in [1.165, 1.54) is 99.2 Å². The SMILES string of the molecule is CC(=O)Nc1ccc(S(=O)(=O)NC(=O)c2ccco2)cc1.CC(=O)Nc1ccc(S(N)(=O)=O)cc1.O=C(O)c1ccco1. The molecule has 0 bridgehead atoms. The number of sulfonamides is 2. The second-order valence-corrected chi connectivity index (χ2v) is 11.4. The zero-order valence-electron chi connectivity index (χ0n) is 22.5. The molecule has 0 aliphatic carbocycles. The summed E-state index contributed by atoms with van der Waals surface area (Å²) in [5.41, 5.74) is 0.990. The molecule has 0 saturated carbocycles. The molecule has 228 valence electrons. The molecule has 6 N–H and O–H groups in total. The molecule has 3 amide bonds. The number of aromatic carboxylic acids is 1. The van der Waals surface area contributed by atoms with Gasteiger partial charge >= 0.3 is 11.9 Å². The minimum atomic E-state index is -4.00. The average Bonchev–Trinajstić information content (AvgIpc) is 3.64. The Bertz CT molecular complexity index is 1750. The molecule has 0 fully saturated rings. The fraction of sp³-hybridized carbons (Fsp3) is 0.0769. The Kier molecular flexibility index (Phi) is 11.9. The molecule has 2 heterocycles. The zero-order valence-corrected chi connectivity index (χ0v) is 24.1. The number of nitrogens with two attached hydrogens (primary N) is 1. The smallest absolute Gasteiger partial charge is 0.371 e. The van der Waals surface area contributed by atoms with Crippen LogP contribution in [0.25, 0.3) is 0 Å². The molecular formula is C26H26N4O11S2. The third-order valence-corrected chi connectivity index (χ3v) is 6.97. The number of carboxylic acid groups (broad SMARTS) is 1. The van der Waals surface area contributed by atoms with Crippen LogP contribution in [0.3, 0.4) is 0 Å². The van der Waals surface area contributed by atoms with Gasteiger partial charge in [-0.15, -0.1) is 0 Å². The molecule has 0 atom stereocenters. The molecule has 0 aliphatic heterocycles. The number of carbonyl (C=O) groups excluding carboxylic acids is 3. The predicted molar refractivity (Wildman–Crippen MR) is 152 cm³/mol. The van der Waals surface area contributed by atoms with Crippen molar-refractivity contribution in [2.45, 2.75) is 23.6 Å². The van der Waals surface area contributed by atoms with Gasteiger partial charge in [-0.25, -0.2) is 31.5 Å². The maximum Gasteiger partial charge on any atom is 0.371 e. The van der Waals surface area contributed by atoms with Crippen molar-refractivity contribution in [3.8, 4) is 0 Å². The lowest BCUT2D eigenvalue weighted by Crippen LogP contribution is -2.30. The van der Waals surface area contributed by atoms with Gasteiger partial charge in [-0.05, 0) is 72.8 Å². The summed E-state index contributed by atoms with van der Waals surface area (Å²) in [4.78, 5) is 43.1. The van der Waals surface area contributed by atoms with Crippen LogP contribution in [0.4, 0.5) is 11.4 Å². The van der Waals surface area contributed by atoms with E-state index in [1.54, 1.807) is 0 Å². The molecular weight excluding hydrogens is 608 g/mol. The van der Waals surface area contributed by atoms with Gasteiger partial charge in [-0.1, -0.05) is 0 Å². The summed E-state index contributed by atoms with van der Waals surface area (Å²) in [6, 6.07) is 16.8. The van der Waals surface area contributed by atoms with Crippen molar-refractivity contribution >= 4 is 55.1 Å². The van der Waals surface area contributed by atoms with Gasteiger partial charge in [0, 0.05) is 25.2 Å². The summed E-state index contributed by atoms with van der Waals surface area (Å²) < 4.78 is 56.9. The maximum atomic E-state index is 12.0. The molecule has 0 saturated heterocycles. The van der Waals surface area contributed by atoms with Gasteiger partial charge in [0.05, 0.1) is 22.3 Å². The van der Waals surface area contributed by atoms with Gasteiger partial charge < -0.3 is 24.6 Å². The van der Waals surface area contributed by atoms with Crippen molar-refractivity contribution in [1.82, 2.24) is 4.72 Å². The van der Waals surface area contributed by atoms with E-state index in [-0.39, 0.29) is 33.1 Å². The van der Waals surface area contributed by atoms with Crippen molar-refractivity contribution in [2.24, 2.45) is 5.14 Å². The van der Waals surface area contributed by atoms with Crippen molar-refractivity contribution < 1.29 is 50.0 Å². The highest BCUT2D eigenvalue weighted by Crippen LogP contribution is 2.15. The van der Waals surface area contributed by atoms with Crippen molar-refractivity contribution in [3.05, 3.63) is 96.8 Å². The second-order valence-electron chi connectivity index (χ2n) is 8.15. The second kappa shape index (κ2) is 15.1. The predicted octanol–water partition coefficient (Wildman–Crippen LogP) is 2.63. The number of primary sulfonamides is 1. The lowest BCUT2D eigenvalue weighted by molar-refractivity contribution is -0.115. The summed E-state index contributed by atoms with van der Waals surface area (Å²) in [5.74, 6) is -2.50. The molecule has 43 heavy (non-hydrogen) atoms. The third-order valence-electron chi connectivity index (χ3n) is 4.69. The number of amides is 3. The minimum absolute atomic E-state index is 0.0200. The highest BCUT2D eigenvalue weighted by atomic mass is 32.2. The van der Waals surface area contributed by atoms with Crippen LogP contribution in [-0.2, 0) is 29.6 Å². The summed E-state index contributed by atoms with van der Waals surface area (Å²) in [7, 11) is -7.66. The first-order valence-electron chi connectivity index (χ1n) is 11.7. The Hall–Kier alpha value is -5.26. The van der Waals surface area contributed by atoms with E-state index in [0.717, 1.165) is 0 Å². The van der Waals surface area contributed by atoms with E-state index < -0.39 is 31.9 Å². The number of furan rings is 2. The number of anilines is 2. The molecule has 15 nitrogen and oxygen atoms in total. The van der Waals surface area contributed by atoms with Crippen LogP contribution >= 0.6 is 0 Å². The largest absolute Gasteiger partial charge is 0.475 e. The Morgan fingerprint density at radius 1 is 0.674 bits per heavy atom. The standard InChI is InChI=1S/C13H12N2O5S.C8H10N2O3S.C5H4O3/c1-9(16)14-10-4-6-11(7-5-10)21(18,19)15-13(17)12-3-2-8-20-12;1-6(11)10-7-2-4-8(5-3-7)14(9,12)13;6-5(7)4-2-1-3-8-4/h2-8H,1H3,(H,14,16)(H,15,17);2-5H,1H3,(H,10,11)(H2,9,12,13);1-3H,(H,6,7). The third kappa shape index (κ3) is 11.6. The number of benzene rings is 2. The normalized spacial score (nSPS) is 10.6. The quantitative estimate of drug-likeness (QED) is 0.198. The van der Waals surface area contributed by atoms with Gasteiger partial charge in [-0.3, -0.25) is 14.4 Å². The molecule has 0 unspecified atom stereocenters. The lowest BCUT2D eigenvalue weighted by Gasteiger charge is -2.07. The van der Waals surface area contributed by atoms with E-state index in [0.29, 0.717) is 11.4 Å². The maximum absolute atomic E-state index is 12.0. The van der Waals surface area contributed by atoms with Crippen molar-refractivity contribution in [2.75, 3.05) is 10.6 Å². The minimum Gasteiger partial charge on any atom is -0.475 e. The Labute approximate surface area is 245 Å². The summed E-state index contributed by atoms with van der Waals surface area (Å²) in [6.07, 6.45) is 2.59.